The first-order valence-electron chi connectivity index (χ1n) is 9.23. The molecule has 8 heteroatoms. The molecule has 3 aromatic rings. The molecular formula is C21H21N3O4S. The van der Waals surface area contributed by atoms with Crippen LogP contribution in [0, 0.1) is 5.92 Å². The maximum atomic E-state index is 12.5. The number of thiazole rings is 1. The molecule has 2 N–H and O–H groups in total. The van der Waals surface area contributed by atoms with Crippen molar-refractivity contribution >= 4 is 33.8 Å². The Balaban J connectivity index is 1.36. The number of amides is 1. The van der Waals surface area contributed by atoms with Crippen molar-refractivity contribution in [3.63, 3.8) is 0 Å². The van der Waals surface area contributed by atoms with Crippen LogP contribution in [0.3, 0.4) is 0 Å². The van der Waals surface area contributed by atoms with E-state index in [1.807, 2.05) is 42.5 Å². The molecule has 1 amide bonds. The second-order valence-electron chi connectivity index (χ2n) is 6.91. The summed E-state index contributed by atoms with van der Waals surface area (Å²) in [7, 11) is 0. The number of rotatable bonds is 7. The predicted molar refractivity (Wildman–Crippen MR) is 113 cm³/mol. The molecule has 0 aliphatic carbocycles. The standard InChI is InChI=1S/C21H21N3O4S/c1-13(2)10-26-16-6-3-14(4-7-16)22-20(25)17-11-29-21(24-17)23-15-5-8-18-19(9-15)28-12-27-18/h3-9,11,13H,10,12H2,1-2H3,(H,22,25)(H,23,24). The Kier molecular flexibility index (Phi) is 5.53. The lowest BCUT2D eigenvalue weighted by atomic mass is 10.2. The van der Waals surface area contributed by atoms with Gasteiger partial charge in [0.2, 0.25) is 6.79 Å². The van der Waals surface area contributed by atoms with Crippen LogP contribution in [0.2, 0.25) is 0 Å². The molecule has 1 aliphatic rings. The molecule has 1 aliphatic heterocycles. The fraction of sp³-hybridized carbons (Fsp3) is 0.238. The average molecular weight is 411 g/mol. The zero-order valence-corrected chi connectivity index (χ0v) is 16.9. The lowest BCUT2D eigenvalue weighted by Gasteiger charge is -2.09. The van der Waals surface area contributed by atoms with E-state index in [0.29, 0.717) is 34.8 Å². The zero-order chi connectivity index (χ0) is 20.2. The van der Waals surface area contributed by atoms with E-state index in [0.717, 1.165) is 17.2 Å². The first-order valence-corrected chi connectivity index (χ1v) is 10.1. The molecule has 150 valence electrons. The van der Waals surface area contributed by atoms with Crippen molar-refractivity contribution < 1.29 is 19.0 Å². The van der Waals surface area contributed by atoms with E-state index in [-0.39, 0.29) is 12.7 Å². The molecule has 0 unspecified atom stereocenters. The highest BCUT2D eigenvalue weighted by Gasteiger charge is 2.15. The van der Waals surface area contributed by atoms with Gasteiger partial charge < -0.3 is 24.8 Å². The molecule has 0 spiro atoms. The van der Waals surface area contributed by atoms with Crippen molar-refractivity contribution in [2.45, 2.75) is 13.8 Å². The van der Waals surface area contributed by atoms with Gasteiger partial charge in [-0.25, -0.2) is 4.98 Å². The quantitative estimate of drug-likeness (QED) is 0.575. The summed E-state index contributed by atoms with van der Waals surface area (Å²) in [5, 5.41) is 8.36. The number of anilines is 3. The largest absolute Gasteiger partial charge is 0.493 e. The third kappa shape index (κ3) is 4.78. The van der Waals surface area contributed by atoms with Crippen LogP contribution in [0.1, 0.15) is 24.3 Å². The van der Waals surface area contributed by atoms with Crippen LogP contribution < -0.4 is 24.8 Å². The third-order valence-electron chi connectivity index (χ3n) is 4.06. The summed E-state index contributed by atoms with van der Waals surface area (Å²) in [6, 6.07) is 12.8. The number of nitrogens with one attached hydrogen (secondary N) is 2. The molecule has 0 saturated heterocycles. The molecule has 0 fully saturated rings. The Bertz CT molecular complexity index is 1000. The van der Waals surface area contributed by atoms with Gasteiger partial charge in [-0.15, -0.1) is 11.3 Å². The van der Waals surface area contributed by atoms with Crippen LogP contribution in [0.5, 0.6) is 17.2 Å². The molecule has 0 atom stereocenters. The molecule has 29 heavy (non-hydrogen) atoms. The lowest BCUT2D eigenvalue weighted by molar-refractivity contribution is 0.102. The van der Waals surface area contributed by atoms with Crippen molar-refractivity contribution in [2.75, 3.05) is 24.0 Å². The summed E-state index contributed by atoms with van der Waals surface area (Å²) < 4.78 is 16.3. The number of ether oxygens (including phenoxy) is 3. The smallest absolute Gasteiger partial charge is 0.275 e. The summed E-state index contributed by atoms with van der Waals surface area (Å²) in [6.45, 7) is 5.07. The van der Waals surface area contributed by atoms with Crippen molar-refractivity contribution in [3.8, 4) is 17.2 Å². The van der Waals surface area contributed by atoms with Gasteiger partial charge in [-0.05, 0) is 42.3 Å². The highest BCUT2D eigenvalue weighted by atomic mass is 32.1. The van der Waals surface area contributed by atoms with Crippen molar-refractivity contribution in [3.05, 3.63) is 53.5 Å². The van der Waals surface area contributed by atoms with Gasteiger partial charge in [0.25, 0.3) is 5.91 Å². The maximum Gasteiger partial charge on any atom is 0.275 e. The number of carbonyl (C=O) groups excluding carboxylic acids is 1. The Labute approximate surface area is 172 Å². The van der Waals surface area contributed by atoms with Gasteiger partial charge >= 0.3 is 0 Å². The van der Waals surface area contributed by atoms with Crippen molar-refractivity contribution in [1.82, 2.24) is 4.98 Å². The summed E-state index contributed by atoms with van der Waals surface area (Å²) in [6.07, 6.45) is 0. The van der Waals surface area contributed by atoms with Crippen molar-refractivity contribution in [2.24, 2.45) is 5.92 Å². The first-order chi connectivity index (χ1) is 14.1. The molecule has 0 radical (unpaired) electrons. The Morgan fingerprint density at radius 1 is 1.14 bits per heavy atom. The minimum absolute atomic E-state index is 0.227. The van der Waals surface area contributed by atoms with Gasteiger partial charge in [0.05, 0.1) is 6.61 Å². The Morgan fingerprint density at radius 3 is 2.69 bits per heavy atom. The average Bonchev–Trinajstić information content (AvgIpc) is 3.36. The fourth-order valence-corrected chi connectivity index (χ4v) is 3.34. The number of hydrogen-bond donors (Lipinski definition) is 2. The van der Waals surface area contributed by atoms with Crippen LogP contribution in [-0.2, 0) is 0 Å². The second kappa shape index (κ2) is 8.40. The molecule has 0 bridgehead atoms. The van der Waals surface area contributed by atoms with Gasteiger partial charge in [-0.2, -0.15) is 0 Å². The second-order valence-corrected chi connectivity index (χ2v) is 7.77. The molecule has 7 nitrogen and oxygen atoms in total. The normalized spacial score (nSPS) is 12.1. The number of aromatic nitrogens is 1. The van der Waals surface area contributed by atoms with Crippen LogP contribution in [0.15, 0.2) is 47.8 Å². The Morgan fingerprint density at radius 2 is 1.90 bits per heavy atom. The van der Waals surface area contributed by atoms with Gasteiger partial charge in [0, 0.05) is 22.8 Å². The highest BCUT2D eigenvalue weighted by Crippen LogP contribution is 2.35. The first kappa shape index (κ1) is 19.1. The molecule has 0 saturated carbocycles. The number of fused-ring (bicyclic) bond motifs is 1. The van der Waals surface area contributed by atoms with Crippen LogP contribution in [-0.4, -0.2) is 24.3 Å². The van der Waals surface area contributed by atoms with Crippen LogP contribution in [0.4, 0.5) is 16.5 Å². The van der Waals surface area contributed by atoms with E-state index in [9.17, 15) is 4.79 Å². The lowest BCUT2D eigenvalue weighted by Crippen LogP contribution is -2.12. The van der Waals surface area contributed by atoms with E-state index in [1.54, 1.807) is 5.38 Å². The SMILES string of the molecule is CC(C)COc1ccc(NC(=O)c2csc(Nc3ccc4c(c3)OCO4)n2)cc1. The van der Waals surface area contributed by atoms with E-state index >= 15 is 0 Å². The summed E-state index contributed by atoms with van der Waals surface area (Å²) >= 11 is 1.35. The van der Waals surface area contributed by atoms with Gasteiger partial charge in [0.15, 0.2) is 16.6 Å². The number of carbonyl (C=O) groups is 1. The minimum Gasteiger partial charge on any atom is -0.493 e. The van der Waals surface area contributed by atoms with Gasteiger partial charge in [-0.1, -0.05) is 13.8 Å². The van der Waals surface area contributed by atoms with Gasteiger partial charge in [0.1, 0.15) is 11.4 Å². The number of nitrogens with zero attached hydrogens (tertiary/aromatic N) is 1. The third-order valence-corrected chi connectivity index (χ3v) is 4.81. The maximum absolute atomic E-state index is 12.5. The molecule has 1 aromatic heterocycles. The molecular weight excluding hydrogens is 390 g/mol. The van der Waals surface area contributed by atoms with Crippen LogP contribution >= 0.6 is 11.3 Å². The highest BCUT2D eigenvalue weighted by molar-refractivity contribution is 7.14. The van der Waals surface area contributed by atoms with Gasteiger partial charge in [-0.3, -0.25) is 4.79 Å². The summed E-state index contributed by atoms with van der Waals surface area (Å²) in [5.74, 6) is 2.37. The molecule has 2 heterocycles. The predicted octanol–water partition coefficient (Wildman–Crippen LogP) is 4.90. The van der Waals surface area contributed by atoms with E-state index in [1.165, 1.54) is 11.3 Å². The minimum atomic E-state index is -0.268. The van der Waals surface area contributed by atoms with E-state index in [4.69, 9.17) is 14.2 Å². The summed E-state index contributed by atoms with van der Waals surface area (Å²) in [5.41, 5.74) is 1.84. The monoisotopic (exact) mass is 411 g/mol. The molecule has 2 aromatic carbocycles. The summed E-state index contributed by atoms with van der Waals surface area (Å²) in [4.78, 5) is 16.8. The number of benzene rings is 2. The Hall–Kier alpha value is -3.26. The number of hydrogen-bond acceptors (Lipinski definition) is 7. The van der Waals surface area contributed by atoms with Crippen molar-refractivity contribution in [1.29, 1.82) is 0 Å². The van der Waals surface area contributed by atoms with E-state index in [2.05, 4.69) is 29.5 Å². The zero-order valence-electron chi connectivity index (χ0n) is 16.1. The molecule has 4 rings (SSSR count). The fourth-order valence-electron chi connectivity index (χ4n) is 2.63. The van der Waals surface area contributed by atoms with E-state index < -0.39 is 0 Å². The topological polar surface area (TPSA) is 81.7 Å². The van der Waals surface area contributed by atoms with Crippen LogP contribution in [0.25, 0.3) is 0 Å².